The van der Waals surface area contributed by atoms with Gasteiger partial charge in [-0.2, -0.15) is 0 Å². The average Bonchev–Trinajstić information content (AvgIpc) is 2.39. The van der Waals surface area contributed by atoms with Crippen LogP contribution in [0.3, 0.4) is 0 Å². The molecule has 1 aliphatic rings. The van der Waals surface area contributed by atoms with E-state index in [0.717, 1.165) is 24.3 Å². The average molecular weight is 281 g/mol. The van der Waals surface area contributed by atoms with E-state index in [2.05, 4.69) is 4.98 Å². The van der Waals surface area contributed by atoms with Gasteiger partial charge in [0, 0.05) is 31.5 Å². The van der Waals surface area contributed by atoms with E-state index in [1.165, 1.54) is 24.1 Å². The number of pyridine rings is 1. The Morgan fingerprint density at radius 1 is 1.20 bits per heavy atom. The molecule has 1 aromatic heterocycles. The number of hydrogen-bond donors (Lipinski definition) is 3. The van der Waals surface area contributed by atoms with Crippen LogP contribution in [0.5, 0.6) is 0 Å². The summed E-state index contributed by atoms with van der Waals surface area (Å²) in [6.45, 7) is 0. The second-order valence-electron chi connectivity index (χ2n) is 4.71. The van der Waals surface area contributed by atoms with Crippen molar-refractivity contribution in [2.75, 3.05) is 24.7 Å². The maximum Gasteiger partial charge on any atom is 0.414 e. The van der Waals surface area contributed by atoms with Gasteiger partial charge in [0.2, 0.25) is 0 Å². The smallest absolute Gasteiger partial charge is 0.414 e. The van der Waals surface area contributed by atoms with Gasteiger partial charge in [-0.05, 0) is 31.2 Å². The molecule has 0 saturated heterocycles. The van der Waals surface area contributed by atoms with Crippen molar-refractivity contribution in [1.29, 1.82) is 0 Å². The first-order valence-electron chi connectivity index (χ1n) is 6.24. The van der Waals surface area contributed by atoms with E-state index >= 15 is 0 Å². The summed E-state index contributed by atoms with van der Waals surface area (Å²) in [5.74, 6) is -2.67. The number of aromatic nitrogens is 1. The second kappa shape index (κ2) is 6.74. The van der Waals surface area contributed by atoms with Gasteiger partial charge in [-0.25, -0.2) is 14.6 Å². The molecule has 110 valence electrons. The van der Waals surface area contributed by atoms with Crippen molar-refractivity contribution in [3.05, 3.63) is 17.3 Å². The molecule has 0 aliphatic heterocycles. The van der Waals surface area contributed by atoms with E-state index in [4.69, 9.17) is 25.5 Å². The standard InChI is InChI=1S/C11H17N3.C2H2O4/c1-14(2)11-7-9(12)8-5-3-4-6-10(8)13-11;3-1(4)2(5)6/h7H,3-6H2,1-2H3,(H2,12,13);(H,3,4)(H,5,6). The lowest BCUT2D eigenvalue weighted by Crippen LogP contribution is -2.15. The second-order valence-corrected chi connectivity index (χ2v) is 4.71. The molecule has 7 heteroatoms. The number of aryl methyl sites for hydroxylation is 1. The van der Waals surface area contributed by atoms with Crippen LogP contribution in [0.4, 0.5) is 11.5 Å². The minimum Gasteiger partial charge on any atom is -0.473 e. The zero-order chi connectivity index (χ0) is 15.3. The van der Waals surface area contributed by atoms with Crippen molar-refractivity contribution >= 4 is 23.4 Å². The van der Waals surface area contributed by atoms with Gasteiger partial charge in [0.1, 0.15) is 5.82 Å². The predicted molar refractivity (Wildman–Crippen MR) is 74.9 cm³/mol. The topological polar surface area (TPSA) is 117 Å². The number of carboxylic acids is 2. The molecule has 0 saturated carbocycles. The number of rotatable bonds is 1. The minimum absolute atomic E-state index is 0.915. The highest BCUT2D eigenvalue weighted by Gasteiger charge is 2.15. The van der Waals surface area contributed by atoms with Gasteiger partial charge in [-0.1, -0.05) is 0 Å². The summed E-state index contributed by atoms with van der Waals surface area (Å²) in [5, 5.41) is 14.8. The number of nitrogens with two attached hydrogens (primary N) is 1. The molecule has 1 heterocycles. The lowest BCUT2D eigenvalue weighted by atomic mass is 9.95. The van der Waals surface area contributed by atoms with Gasteiger partial charge >= 0.3 is 11.9 Å². The van der Waals surface area contributed by atoms with Gasteiger partial charge in [0.15, 0.2) is 0 Å². The Kier molecular flexibility index (Phi) is 5.31. The van der Waals surface area contributed by atoms with Crippen molar-refractivity contribution in [1.82, 2.24) is 4.98 Å². The Morgan fingerprint density at radius 2 is 1.75 bits per heavy atom. The van der Waals surface area contributed by atoms with E-state index < -0.39 is 11.9 Å². The minimum atomic E-state index is -1.82. The largest absolute Gasteiger partial charge is 0.473 e. The number of nitrogen functional groups attached to an aromatic ring is 1. The molecular weight excluding hydrogens is 262 g/mol. The Morgan fingerprint density at radius 3 is 2.25 bits per heavy atom. The molecule has 1 aromatic rings. The molecule has 4 N–H and O–H groups in total. The molecule has 0 aromatic carbocycles. The third kappa shape index (κ3) is 4.11. The van der Waals surface area contributed by atoms with Gasteiger partial charge < -0.3 is 20.8 Å². The van der Waals surface area contributed by atoms with Crippen LogP contribution >= 0.6 is 0 Å². The van der Waals surface area contributed by atoms with Crippen LogP contribution in [0.1, 0.15) is 24.1 Å². The Bertz CT molecular complexity index is 503. The van der Waals surface area contributed by atoms with Crippen molar-refractivity contribution < 1.29 is 19.8 Å². The summed E-state index contributed by atoms with van der Waals surface area (Å²) in [7, 11) is 3.99. The van der Waals surface area contributed by atoms with E-state index in [9.17, 15) is 0 Å². The Labute approximate surface area is 117 Å². The lowest BCUT2D eigenvalue weighted by Gasteiger charge is -2.20. The van der Waals surface area contributed by atoms with Crippen LogP contribution in [-0.4, -0.2) is 41.2 Å². The number of aliphatic carboxylic acids is 2. The van der Waals surface area contributed by atoms with Crippen LogP contribution in [0, 0.1) is 0 Å². The highest BCUT2D eigenvalue weighted by molar-refractivity contribution is 6.27. The molecule has 2 rings (SSSR count). The molecule has 0 bridgehead atoms. The number of carbonyl (C=O) groups is 2. The fourth-order valence-electron chi connectivity index (χ4n) is 1.95. The van der Waals surface area contributed by atoms with E-state index in [-0.39, 0.29) is 0 Å². The summed E-state index contributed by atoms with van der Waals surface area (Å²) in [4.78, 5) is 24.8. The SMILES string of the molecule is CN(C)c1cc(N)c2c(n1)CCCC2.O=C(O)C(=O)O. The fraction of sp³-hybridized carbons (Fsp3) is 0.462. The number of hydrogen-bond acceptors (Lipinski definition) is 5. The third-order valence-corrected chi connectivity index (χ3v) is 2.96. The van der Waals surface area contributed by atoms with E-state index in [1.54, 1.807) is 0 Å². The van der Waals surface area contributed by atoms with Crippen LogP contribution in [-0.2, 0) is 22.4 Å². The summed E-state index contributed by atoms with van der Waals surface area (Å²) in [6.07, 6.45) is 4.68. The molecule has 20 heavy (non-hydrogen) atoms. The number of nitrogens with zero attached hydrogens (tertiary/aromatic N) is 2. The normalized spacial score (nSPS) is 12.7. The molecule has 7 nitrogen and oxygen atoms in total. The van der Waals surface area contributed by atoms with Crippen LogP contribution < -0.4 is 10.6 Å². The maximum atomic E-state index is 9.10. The van der Waals surface area contributed by atoms with Crippen molar-refractivity contribution in [3.8, 4) is 0 Å². The summed E-state index contributed by atoms with van der Waals surface area (Å²) in [6, 6.07) is 1.98. The zero-order valence-corrected chi connectivity index (χ0v) is 11.6. The van der Waals surface area contributed by atoms with Gasteiger partial charge in [-0.15, -0.1) is 0 Å². The number of anilines is 2. The predicted octanol–water partition coefficient (Wildman–Crippen LogP) is 0.764. The summed E-state index contributed by atoms with van der Waals surface area (Å²) >= 11 is 0. The van der Waals surface area contributed by atoms with Gasteiger partial charge in [0.05, 0.1) is 0 Å². The first kappa shape index (κ1) is 15.7. The summed E-state index contributed by atoms with van der Waals surface area (Å²) in [5.41, 5.74) is 9.42. The molecule has 1 aliphatic carbocycles. The first-order chi connectivity index (χ1) is 9.32. The maximum absolute atomic E-state index is 9.10. The monoisotopic (exact) mass is 281 g/mol. The fourth-order valence-corrected chi connectivity index (χ4v) is 1.95. The highest BCUT2D eigenvalue weighted by Crippen LogP contribution is 2.27. The van der Waals surface area contributed by atoms with Crippen molar-refractivity contribution in [2.45, 2.75) is 25.7 Å². The van der Waals surface area contributed by atoms with Crippen molar-refractivity contribution in [2.24, 2.45) is 0 Å². The molecule has 0 atom stereocenters. The van der Waals surface area contributed by atoms with E-state index in [0.29, 0.717) is 0 Å². The lowest BCUT2D eigenvalue weighted by molar-refractivity contribution is -0.159. The Hall–Kier alpha value is -2.31. The highest BCUT2D eigenvalue weighted by atomic mass is 16.4. The molecule has 0 spiro atoms. The quantitative estimate of drug-likeness (QED) is 0.651. The van der Waals surface area contributed by atoms with Gasteiger partial charge in [-0.3, -0.25) is 0 Å². The molecule has 0 unspecified atom stereocenters. The molecule has 0 amide bonds. The van der Waals surface area contributed by atoms with Crippen molar-refractivity contribution in [3.63, 3.8) is 0 Å². The zero-order valence-electron chi connectivity index (χ0n) is 11.6. The third-order valence-electron chi connectivity index (χ3n) is 2.96. The first-order valence-corrected chi connectivity index (χ1v) is 6.24. The molecule has 0 radical (unpaired) electrons. The number of carboxylic acid groups (broad SMARTS) is 2. The van der Waals surface area contributed by atoms with Crippen LogP contribution in [0.25, 0.3) is 0 Å². The molecule has 0 fully saturated rings. The van der Waals surface area contributed by atoms with Gasteiger partial charge in [0.25, 0.3) is 0 Å². The molecular formula is C13H19N3O4. The van der Waals surface area contributed by atoms with E-state index in [1.807, 2.05) is 25.1 Å². The Balaban J connectivity index is 0.000000286. The summed E-state index contributed by atoms with van der Waals surface area (Å²) < 4.78 is 0. The van der Waals surface area contributed by atoms with Crippen LogP contribution in [0.15, 0.2) is 6.07 Å². The number of fused-ring (bicyclic) bond motifs is 1. The van der Waals surface area contributed by atoms with Crippen LogP contribution in [0.2, 0.25) is 0 Å².